The van der Waals surface area contributed by atoms with E-state index in [1.54, 1.807) is 18.2 Å². The Morgan fingerprint density at radius 3 is 2.24 bits per heavy atom. The lowest BCUT2D eigenvalue weighted by molar-refractivity contribution is 0.0709. The highest BCUT2D eigenvalue weighted by atomic mass is 28.4. The molecule has 0 amide bonds. The average Bonchev–Trinajstić information content (AvgIpc) is 2.15. The van der Waals surface area contributed by atoms with Crippen LogP contribution in [-0.4, -0.2) is 19.4 Å². The first-order chi connectivity index (χ1) is 7.65. The van der Waals surface area contributed by atoms with Gasteiger partial charge in [-0.3, -0.25) is 0 Å². The lowest BCUT2D eigenvalue weighted by Gasteiger charge is -2.35. The summed E-state index contributed by atoms with van der Waals surface area (Å²) >= 11 is 0. The van der Waals surface area contributed by atoms with Gasteiger partial charge in [0.25, 0.3) is 8.32 Å². The topological polar surface area (TPSA) is 46.5 Å². The zero-order valence-corrected chi connectivity index (χ0v) is 12.1. The van der Waals surface area contributed by atoms with E-state index in [1.165, 1.54) is 6.07 Å². The average molecular weight is 252 g/mol. The molecule has 0 fully saturated rings. The smallest absolute Gasteiger partial charge is 0.328 e. The Labute approximate surface area is 104 Å². The van der Waals surface area contributed by atoms with Gasteiger partial charge in [0, 0.05) is 0 Å². The van der Waals surface area contributed by atoms with Crippen molar-refractivity contribution in [3.05, 3.63) is 29.8 Å². The molecule has 0 aliphatic heterocycles. The predicted octanol–water partition coefficient (Wildman–Crippen LogP) is 3.55. The van der Waals surface area contributed by atoms with Gasteiger partial charge in [-0.25, -0.2) is 4.79 Å². The van der Waals surface area contributed by atoms with Crippen molar-refractivity contribution < 1.29 is 14.3 Å². The van der Waals surface area contributed by atoms with Gasteiger partial charge in [-0.1, -0.05) is 32.9 Å². The van der Waals surface area contributed by atoms with E-state index in [2.05, 4.69) is 20.8 Å². The predicted molar refractivity (Wildman–Crippen MR) is 70.7 cm³/mol. The first-order valence-electron chi connectivity index (χ1n) is 5.66. The van der Waals surface area contributed by atoms with Crippen LogP contribution in [0, 0.1) is 0 Å². The fourth-order valence-electron chi connectivity index (χ4n) is 1.09. The second kappa shape index (κ2) is 4.53. The van der Waals surface area contributed by atoms with E-state index in [0.717, 1.165) is 0 Å². The van der Waals surface area contributed by atoms with Gasteiger partial charge in [0.1, 0.15) is 5.75 Å². The molecule has 94 valence electrons. The minimum Gasteiger partial charge on any atom is -0.516 e. The van der Waals surface area contributed by atoms with Crippen LogP contribution in [0.15, 0.2) is 24.3 Å². The fraction of sp³-hybridized carbons (Fsp3) is 0.462. The number of carbonyl (C=O) groups excluding carboxylic acids is 1. The van der Waals surface area contributed by atoms with E-state index >= 15 is 0 Å². The fourth-order valence-corrected chi connectivity index (χ4v) is 1.97. The van der Waals surface area contributed by atoms with E-state index < -0.39 is 14.3 Å². The van der Waals surface area contributed by atoms with Crippen molar-refractivity contribution >= 4 is 14.3 Å². The number of para-hydroxylation sites is 1. The Morgan fingerprint density at radius 2 is 1.76 bits per heavy atom. The zero-order chi connectivity index (χ0) is 13.3. The molecular formula is C13H20O3Si. The molecule has 0 bridgehead atoms. The second-order valence-electron chi connectivity index (χ2n) is 5.67. The molecule has 3 nitrogen and oxygen atoms in total. The molecule has 1 rings (SSSR count). The maximum atomic E-state index is 12.0. The molecule has 17 heavy (non-hydrogen) atoms. The van der Waals surface area contributed by atoms with Crippen LogP contribution in [0.4, 0.5) is 0 Å². The molecule has 0 aromatic heterocycles. The van der Waals surface area contributed by atoms with Gasteiger partial charge in [-0.05, 0) is 30.3 Å². The van der Waals surface area contributed by atoms with Crippen LogP contribution in [-0.2, 0) is 4.43 Å². The van der Waals surface area contributed by atoms with Gasteiger partial charge >= 0.3 is 5.97 Å². The molecule has 1 aromatic rings. The first kappa shape index (κ1) is 13.8. The van der Waals surface area contributed by atoms with Gasteiger partial charge in [-0.2, -0.15) is 0 Å². The van der Waals surface area contributed by atoms with Crippen LogP contribution >= 0.6 is 0 Å². The maximum Gasteiger partial charge on any atom is 0.328 e. The zero-order valence-electron chi connectivity index (χ0n) is 11.1. The van der Waals surface area contributed by atoms with Crippen LogP contribution in [0.25, 0.3) is 0 Å². The number of hydrogen-bond acceptors (Lipinski definition) is 3. The number of rotatable bonds is 2. The first-order valence-corrected chi connectivity index (χ1v) is 8.57. The molecule has 0 unspecified atom stereocenters. The van der Waals surface area contributed by atoms with Crippen LogP contribution in [0.1, 0.15) is 31.1 Å². The standard InChI is InChI=1S/C13H20O3Si/c1-13(2,3)17(4,5)16-12(15)10-8-6-7-9-11(10)14/h6-9,14H,1-5H3. The van der Waals surface area contributed by atoms with Crippen molar-refractivity contribution in [3.8, 4) is 5.75 Å². The Bertz CT molecular complexity index is 419. The van der Waals surface area contributed by atoms with Crippen molar-refractivity contribution in [3.63, 3.8) is 0 Å². The summed E-state index contributed by atoms with van der Waals surface area (Å²) in [6.45, 7) is 10.2. The molecule has 0 saturated heterocycles. The van der Waals surface area contributed by atoms with Crippen LogP contribution in [0.3, 0.4) is 0 Å². The third-order valence-electron chi connectivity index (χ3n) is 3.28. The van der Waals surface area contributed by atoms with Gasteiger partial charge < -0.3 is 9.53 Å². The summed E-state index contributed by atoms with van der Waals surface area (Å²) in [6, 6.07) is 6.45. The van der Waals surface area contributed by atoms with E-state index in [4.69, 9.17) is 4.43 Å². The maximum absolute atomic E-state index is 12.0. The minimum atomic E-state index is -2.13. The van der Waals surface area contributed by atoms with Gasteiger partial charge in [0.2, 0.25) is 0 Å². The third-order valence-corrected chi connectivity index (χ3v) is 7.59. The van der Waals surface area contributed by atoms with Crippen LogP contribution < -0.4 is 0 Å². The van der Waals surface area contributed by atoms with Crippen molar-refractivity contribution in [2.45, 2.75) is 38.9 Å². The molecule has 1 aromatic carbocycles. The molecule has 0 aliphatic rings. The number of aromatic hydroxyl groups is 1. The second-order valence-corrected chi connectivity index (χ2v) is 10.4. The molecule has 0 saturated carbocycles. The SMILES string of the molecule is CC(C)(C)[Si](C)(C)OC(=O)c1ccccc1O. The quantitative estimate of drug-likeness (QED) is 0.819. The summed E-state index contributed by atoms with van der Waals surface area (Å²) in [4.78, 5) is 12.0. The summed E-state index contributed by atoms with van der Waals surface area (Å²) in [5.41, 5.74) is 0.234. The number of phenols is 1. The highest BCUT2D eigenvalue weighted by Crippen LogP contribution is 2.37. The van der Waals surface area contributed by atoms with Crippen LogP contribution in [0.2, 0.25) is 18.1 Å². The number of hydrogen-bond donors (Lipinski definition) is 1. The molecule has 0 radical (unpaired) electrons. The third kappa shape index (κ3) is 3.09. The number of benzene rings is 1. The summed E-state index contributed by atoms with van der Waals surface area (Å²) in [7, 11) is -2.13. The van der Waals surface area contributed by atoms with Crippen molar-refractivity contribution in [1.82, 2.24) is 0 Å². The molecule has 0 atom stereocenters. The highest BCUT2D eigenvalue weighted by Gasteiger charge is 2.40. The van der Waals surface area contributed by atoms with Gasteiger partial charge in [-0.15, -0.1) is 0 Å². The van der Waals surface area contributed by atoms with Gasteiger partial charge in [0.05, 0.1) is 5.56 Å². The summed E-state index contributed by atoms with van der Waals surface area (Å²) in [5.74, 6) is -0.467. The largest absolute Gasteiger partial charge is 0.516 e. The Kier molecular flexibility index (Phi) is 3.67. The van der Waals surface area contributed by atoms with E-state index in [9.17, 15) is 9.90 Å². The van der Waals surface area contributed by atoms with E-state index in [0.29, 0.717) is 0 Å². The summed E-state index contributed by atoms with van der Waals surface area (Å²) in [5, 5.41) is 9.56. The number of phenolic OH excluding ortho intramolecular Hbond substituents is 1. The molecule has 4 heteroatoms. The van der Waals surface area contributed by atoms with Crippen molar-refractivity contribution in [2.75, 3.05) is 0 Å². The van der Waals surface area contributed by atoms with E-state index in [-0.39, 0.29) is 16.4 Å². The molecule has 1 N–H and O–H groups in total. The minimum absolute atomic E-state index is 0.0313. The van der Waals surface area contributed by atoms with Crippen LogP contribution in [0.5, 0.6) is 5.75 Å². The lowest BCUT2D eigenvalue weighted by Crippen LogP contribution is -2.42. The normalized spacial score (nSPS) is 12.3. The molecule has 0 aliphatic carbocycles. The van der Waals surface area contributed by atoms with Crippen molar-refractivity contribution in [2.24, 2.45) is 0 Å². The molecule has 0 spiro atoms. The van der Waals surface area contributed by atoms with E-state index in [1.807, 2.05) is 13.1 Å². The molecule has 0 heterocycles. The monoisotopic (exact) mass is 252 g/mol. The Balaban J connectivity index is 2.92. The highest BCUT2D eigenvalue weighted by molar-refractivity contribution is 6.75. The summed E-state index contributed by atoms with van der Waals surface area (Å²) < 4.78 is 5.61. The Morgan fingerprint density at radius 1 is 1.24 bits per heavy atom. The molecular weight excluding hydrogens is 232 g/mol. The van der Waals surface area contributed by atoms with Crippen molar-refractivity contribution in [1.29, 1.82) is 0 Å². The number of carbonyl (C=O) groups is 1. The summed E-state index contributed by atoms with van der Waals surface area (Å²) in [6.07, 6.45) is 0. The Hall–Kier alpha value is -1.29. The van der Waals surface area contributed by atoms with Gasteiger partial charge in [0.15, 0.2) is 0 Å². The lowest BCUT2D eigenvalue weighted by atomic mass is 10.2.